The van der Waals surface area contributed by atoms with E-state index >= 15 is 0 Å². The highest BCUT2D eigenvalue weighted by Gasteiger charge is 2.33. The number of ether oxygens (including phenoxy) is 1. The number of carbonyl (C=O) groups excluding carboxylic acids is 1. The molecule has 0 saturated heterocycles. The molecular formula is C27H29BrN2O2. The lowest BCUT2D eigenvalue weighted by atomic mass is 9.86. The zero-order chi connectivity index (χ0) is 23.0. The van der Waals surface area contributed by atoms with E-state index in [1.54, 1.807) is 0 Å². The first-order chi connectivity index (χ1) is 15.3. The normalized spacial score (nSPS) is 15.0. The second kappa shape index (κ2) is 8.99. The van der Waals surface area contributed by atoms with Crippen LogP contribution < -0.4 is 15.8 Å². The van der Waals surface area contributed by atoms with E-state index in [4.69, 9.17) is 10.5 Å². The molecule has 3 aromatic carbocycles. The largest absolute Gasteiger partial charge is 0.486 e. The molecule has 1 aliphatic heterocycles. The number of fused-ring (bicyclic) bond motifs is 2. The number of nitrogens with two attached hydrogens (primary N) is 1. The van der Waals surface area contributed by atoms with Gasteiger partial charge in [-0.2, -0.15) is 0 Å². The van der Waals surface area contributed by atoms with E-state index in [1.807, 2.05) is 36.4 Å². The van der Waals surface area contributed by atoms with Crippen molar-refractivity contribution < 1.29 is 9.53 Å². The smallest absolute Gasteiger partial charge is 0.236 e. The minimum Gasteiger partial charge on any atom is -0.486 e. The zero-order valence-corrected chi connectivity index (χ0v) is 20.5. The molecule has 1 heterocycles. The van der Waals surface area contributed by atoms with Crippen molar-refractivity contribution >= 4 is 33.2 Å². The summed E-state index contributed by atoms with van der Waals surface area (Å²) in [6.07, 6.45) is 0. The summed E-state index contributed by atoms with van der Waals surface area (Å²) in [5.74, 6) is 0.517. The van der Waals surface area contributed by atoms with Crippen LogP contribution in [-0.2, 0) is 11.4 Å². The molecule has 5 heteroatoms. The van der Waals surface area contributed by atoms with Crippen molar-refractivity contribution in [2.75, 3.05) is 11.1 Å². The van der Waals surface area contributed by atoms with Crippen molar-refractivity contribution in [2.45, 2.75) is 52.1 Å². The number of anilines is 2. The van der Waals surface area contributed by atoms with E-state index < -0.39 is 5.92 Å². The van der Waals surface area contributed by atoms with Crippen molar-refractivity contribution in [3.05, 3.63) is 86.9 Å². The summed E-state index contributed by atoms with van der Waals surface area (Å²) < 4.78 is 6.91. The van der Waals surface area contributed by atoms with Crippen LogP contribution in [0.5, 0.6) is 5.75 Å². The van der Waals surface area contributed by atoms with Gasteiger partial charge in [-0.3, -0.25) is 4.79 Å². The van der Waals surface area contributed by atoms with Crippen molar-refractivity contribution in [3.8, 4) is 5.75 Å². The summed E-state index contributed by atoms with van der Waals surface area (Å²) >= 11 is 3.54. The lowest BCUT2D eigenvalue weighted by Gasteiger charge is -2.24. The third kappa shape index (κ3) is 4.14. The molecule has 3 N–H and O–H groups in total. The third-order valence-electron chi connectivity index (χ3n) is 6.04. The summed E-state index contributed by atoms with van der Waals surface area (Å²) in [5.41, 5.74) is 12.7. The molecule has 1 unspecified atom stereocenters. The van der Waals surface area contributed by atoms with Gasteiger partial charge in [-0.15, -0.1) is 0 Å². The number of halogens is 1. The van der Waals surface area contributed by atoms with Gasteiger partial charge < -0.3 is 15.8 Å². The van der Waals surface area contributed by atoms with Gasteiger partial charge in [0, 0.05) is 15.7 Å². The Balaban J connectivity index is 1.87. The van der Waals surface area contributed by atoms with Crippen LogP contribution in [0.3, 0.4) is 0 Å². The standard InChI is InChI=1S/C27H29BrN2O2/c1-15(2)19-10-7-11-20(16(3)4)25(19)30-27(31)24-21-9-6-5-8-17(21)14-32-26-22(24)12-18(28)13-23(26)29/h5-13,15-16,24H,14,29H2,1-4H3,(H,30,31). The molecule has 3 aromatic rings. The van der Waals surface area contributed by atoms with Crippen LogP contribution in [0.15, 0.2) is 59.1 Å². The molecule has 0 radical (unpaired) electrons. The quantitative estimate of drug-likeness (QED) is 0.387. The Bertz CT molecular complexity index is 1140. The van der Waals surface area contributed by atoms with Crippen LogP contribution in [0, 0.1) is 0 Å². The molecule has 1 atom stereocenters. The molecule has 0 aliphatic carbocycles. The van der Waals surface area contributed by atoms with Gasteiger partial charge >= 0.3 is 0 Å². The highest BCUT2D eigenvalue weighted by Crippen LogP contribution is 2.43. The molecule has 1 amide bonds. The third-order valence-corrected chi connectivity index (χ3v) is 6.50. The van der Waals surface area contributed by atoms with Crippen LogP contribution in [-0.4, -0.2) is 5.91 Å². The fourth-order valence-corrected chi connectivity index (χ4v) is 4.95. The maximum atomic E-state index is 14.0. The maximum Gasteiger partial charge on any atom is 0.236 e. The number of rotatable bonds is 4. The van der Waals surface area contributed by atoms with Crippen molar-refractivity contribution in [1.82, 2.24) is 0 Å². The predicted molar refractivity (Wildman–Crippen MR) is 134 cm³/mol. The van der Waals surface area contributed by atoms with Gasteiger partial charge in [0.15, 0.2) is 0 Å². The number of benzene rings is 3. The number of hydrogen-bond donors (Lipinski definition) is 2. The minimum absolute atomic E-state index is 0.0864. The monoisotopic (exact) mass is 492 g/mol. The first kappa shape index (κ1) is 22.4. The van der Waals surface area contributed by atoms with Gasteiger partial charge in [0.05, 0.1) is 11.6 Å². The van der Waals surface area contributed by atoms with Gasteiger partial charge in [0.2, 0.25) is 5.91 Å². The number of carbonyl (C=O) groups is 1. The molecule has 4 nitrogen and oxygen atoms in total. The summed E-state index contributed by atoms with van der Waals surface area (Å²) in [5, 5.41) is 3.31. The van der Waals surface area contributed by atoms with Crippen molar-refractivity contribution in [3.63, 3.8) is 0 Å². The Morgan fingerprint density at radius 1 is 1.00 bits per heavy atom. The highest BCUT2D eigenvalue weighted by atomic mass is 79.9. The highest BCUT2D eigenvalue weighted by molar-refractivity contribution is 9.10. The Labute approximate surface area is 198 Å². The van der Waals surface area contributed by atoms with E-state index in [9.17, 15) is 4.79 Å². The Morgan fingerprint density at radius 2 is 1.66 bits per heavy atom. The van der Waals surface area contributed by atoms with E-state index in [2.05, 4.69) is 67.1 Å². The van der Waals surface area contributed by atoms with Gasteiger partial charge in [0.1, 0.15) is 12.4 Å². The first-order valence-electron chi connectivity index (χ1n) is 11.0. The average molecular weight is 493 g/mol. The Hall–Kier alpha value is -2.79. The van der Waals surface area contributed by atoms with E-state index in [-0.39, 0.29) is 17.7 Å². The molecule has 1 aliphatic rings. The second-order valence-electron chi connectivity index (χ2n) is 8.94. The topological polar surface area (TPSA) is 64.3 Å². The lowest BCUT2D eigenvalue weighted by Crippen LogP contribution is -2.24. The lowest BCUT2D eigenvalue weighted by molar-refractivity contribution is -0.116. The van der Waals surface area contributed by atoms with Crippen molar-refractivity contribution in [2.24, 2.45) is 0 Å². The summed E-state index contributed by atoms with van der Waals surface area (Å²) in [7, 11) is 0. The van der Waals surface area contributed by atoms with Gasteiger partial charge in [-0.05, 0) is 46.2 Å². The number of hydrogen-bond acceptors (Lipinski definition) is 3. The minimum atomic E-state index is -0.538. The number of nitrogens with one attached hydrogen (secondary N) is 1. The number of para-hydroxylation sites is 1. The van der Waals surface area contributed by atoms with Gasteiger partial charge in [0.25, 0.3) is 0 Å². The van der Waals surface area contributed by atoms with Crippen LogP contribution in [0.2, 0.25) is 0 Å². The Morgan fingerprint density at radius 3 is 2.31 bits per heavy atom. The molecule has 166 valence electrons. The molecule has 0 fully saturated rings. The summed E-state index contributed by atoms with van der Waals surface area (Å²) in [4.78, 5) is 14.0. The molecule has 0 bridgehead atoms. The van der Waals surface area contributed by atoms with Crippen LogP contribution >= 0.6 is 15.9 Å². The number of amides is 1. The molecule has 0 spiro atoms. The number of nitrogen functional groups attached to an aromatic ring is 1. The van der Waals surface area contributed by atoms with Crippen LogP contribution in [0.1, 0.15) is 73.3 Å². The van der Waals surface area contributed by atoms with Gasteiger partial charge in [-0.25, -0.2) is 0 Å². The van der Waals surface area contributed by atoms with E-state index in [0.717, 1.165) is 38.0 Å². The second-order valence-corrected chi connectivity index (χ2v) is 9.86. The average Bonchev–Trinajstić information content (AvgIpc) is 2.90. The first-order valence-corrected chi connectivity index (χ1v) is 11.8. The predicted octanol–water partition coefficient (Wildman–Crippen LogP) is 6.94. The summed E-state index contributed by atoms with van der Waals surface area (Å²) in [6, 6.07) is 18.0. The van der Waals surface area contributed by atoms with Gasteiger partial charge in [-0.1, -0.05) is 86.1 Å². The van der Waals surface area contributed by atoms with Crippen molar-refractivity contribution in [1.29, 1.82) is 0 Å². The molecule has 0 saturated carbocycles. The summed E-state index contributed by atoms with van der Waals surface area (Å²) in [6.45, 7) is 8.97. The maximum absolute atomic E-state index is 14.0. The molecule has 0 aromatic heterocycles. The molecule has 4 rings (SSSR count). The fraction of sp³-hybridized carbons (Fsp3) is 0.296. The SMILES string of the molecule is CC(C)c1cccc(C(C)C)c1NC(=O)C1c2ccccc2COc2c(N)cc(Br)cc21. The fourth-order valence-electron chi connectivity index (χ4n) is 4.46. The van der Waals surface area contributed by atoms with Crippen LogP contribution in [0.4, 0.5) is 11.4 Å². The molecular weight excluding hydrogens is 464 g/mol. The Kier molecular flexibility index (Phi) is 6.29. The van der Waals surface area contributed by atoms with Crippen LogP contribution in [0.25, 0.3) is 0 Å². The molecule has 32 heavy (non-hydrogen) atoms. The van der Waals surface area contributed by atoms with E-state index in [0.29, 0.717) is 18.0 Å². The zero-order valence-electron chi connectivity index (χ0n) is 18.9. The van der Waals surface area contributed by atoms with E-state index in [1.165, 1.54) is 0 Å².